The zero-order valence-corrected chi connectivity index (χ0v) is 26.2. The fourth-order valence-corrected chi connectivity index (χ4v) is 6.58. The number of hydrogen-bond acceptors (Lipinski definition) is 5. The van der Waals surface area contributed by atoms with Gasteiger partial charge in [-0.05, 0) is 69.4 Å². The van der Waals surface area contributed by atoms with E-state index in [-0.39, 0.29) is 0 Å². The molecule has 0 saturated carbocycles. The number of fused-ring (bicyclic) bond motifs is 4. The van der Waals surface area contributed by atoms with Crippen LogP contribution in [0.3, 0.4) is 0 Å². The number of furan rings is 1. The van der Waals surface area contributed by atoms with Gasteiger partial charge < -0.3 is 4.42 Å². The Bertz CT molecular complexity index is 2730. The molecule has 5 heteroatoms. The fraction of sp³-hybridized carbons (Fsp3) is 0. The highest BCUT2D eigenvalue weighted by molar-refractivity contribution is 6.13. The van der Waals surface area contributed by atoms with Crippen molar-refractivity contribution in [2.75, 3.05) is 0 Å². The van der Waals surface area contributed by atoms with E-state index in [1.54, 1.807) is 0 Å². The van der Waals surface area contributed by atoms with Gasteiger partial charge in [0, 0.05) is 27.5 Å². The van der Waals surface area contributed by atoms with E-state index in [9.17, 15) is 5.26 Å². The van der Waals surface area contributed by atoms with Gasteiger partial charge in [0.05, 0.1) is 11.6 Å². The Labute approximate surface area is 282 Å². The van der Waals surface area contributed by atoms with Crippen molar-refractivity contribution < 1.29 is 4.42 Å². The third kappa shape index (κ3) is 5.09. The summed E-state index contributed by atoms with van der Waals surface area (Å²) in [6, 6.07) is 55.2. The van der Waals surface area contributed by atoms with E-state index >= 15 is 0 Å². The summed E-state index contributed by atoms with van der Waals surface area (Å²) in [6.45, 7) is 0. The first-order chi connectivity index (χ1) is 24.2. The van der Waals surface area contributed by atoms with Crippen molar-refractivity contribution in [3.63, 3.8) is 0 Å². The average Bonchev–Trinajstić information content (AvgIpc) is 3.56. The van der Waals surface area contributed by atoms with Crippen molar-refractivity contribution in [3.8, 4) is 62.5 Å². The van der Waals surface area contributed by atoms with Gasteiger partial charge in [-0.1, -0.05) is 121 Å². The summed E-state index contributed by atoms with van der Waals surface area (Å²) in [5, 5.41) is 14.0. The molecule has 49 heavy (non-hydrogen) atoms. The lowest BCUT2D eigenvalue weighted by molar-refractivity contribution is 0.669. The van der Waals surface area contributed by atoms with Gasteiger partial charge in [-0.2, -0.15) is 5.26 Å². The van der Waals surface area contributed by atoms with Gasteiger partial charge in [0.25, 0.3) is 0 Å². The Kier molecular flexibility index (Phi) is 6.78. The molecule has 0 amide bonds. The third-order valence-corrected chi connectivity index (χ3v) is 8.94. The number of nitriles is 1. The van der Waals surface area contributed by atoms with Gasteiger partial charge >= 0.3 is 0 Å². The zero-order valence-electron chi connectivity index (χ0n) is 26.2. The Hall–Kier alpha value is -6.90. The maximum atomic E-state index is 9.91. The maximum Gasteiger partial charge on any atom is 0.164 e. The smallest absolute Gasteiger partial charge is 0.164 e. The molecule has 0 aliphatic carbocycles. The van der Waals surface area contributed by atoms with Crippen molar-refractivity contribution in [1.82, 2.24) is 15.0 Å². The predicted molar refractivity (Wildman–Crippen MR) is 197 cm³/mol. The molecular weight excluding hydrogens is 601 g/mol. The second-order valence-electron chi connectivity index (χ2n) is 12.0. The molecule has 0 spiro atoms. The molecule has 0 fully saturated rings. The molecule has 2 heterocycles. The maximum absolute atomic E-state index is 9.91. The van der Waals surface area contributed by atoms with Crippen LogP contribution in [0.1, 0.15) is 5.56 Å². The largest absolute Gasteiger partial charge is 0.456 e. The second kappa shape index (κ2) is 11.7. The SMILES string of the molecule is N#Cc1cc(-c2cccc(-c3nc(-c4ccccc4)nc(-c4ccc5c(c4)oc4cccc(-c6ccccc6)c45)n3)c2)cc2ccccc12. The summed E-state index contributed by atoms with van der Waals surface area (Å²) >= 11 is 0. The second-order valence-corrected chi connectivity index (χ2v) is 12.0. The topological polar surface area (TPSA) is 75.6 Å². The molecule has 0 bridgehead atoms. The highest BCUT2D eigenvalue weighted by Crippen LogP contribution is 2.38. The van der Waals surface area contributed by atoms with Crippen molar-refractivity contribution in [2.45, 2.75) is 0 Å². The monoisotopic (exact) mass is 626 g/mol. The lowest BCUT2D eigenvalue weighted by Crippen LogP contribution is -2.00. The van der Waals surface area contributed by atoms with Crippen LogP contribution in [0.2, 0.25) is 0 Å². The summed E-state index contributed by atoms with van der Waals surface area (Å²) in [4.78, 5) is 15.0. The Balaban J connectivity index is 1.19. The number of benzene rings is 7. The molecule has 7 aromatic carbocycles. The number of hydrogen-bond donors (Lipinski definition) is 0. The Morgan fingerprint density at radius 1 is 0.429 bits per heavy atom. The van der Waals surface area contributed by atoms with Gasteiger partial charge in [0.1, 0.15) is 11.2 Å². The van der Waals surface area contributed by atoms with Gasteiger partial charge in [-0.15, -0.1) is 0 Å². The van der Waals surface area contributed by atoms with Crippen LogP contribution in [0.4, 0.5) is 0 Å². The van der Waals surface area contributed by atoms with Crippen molar-refractivity contribution in [3.05, 3.63) is 163 Å². The standard InChI is InChI=1S/C44H26N4O/c45-27-35-25-34(24-31-15-7-8-18-36(31)35)30-16-9-17-32(23-30)43-46-42(29-13-5-2-6-14-29)47-44(48-43)33-21-22-38-40(26-33)49-39-20-10-19-37(41(38)39)28-11-3-1-4-12-28/h1-26H. The Morgan fingerprint density at radius 2 is 1.06 bits per heavy atom. The third-order valence-electron chi connectivity index (χ3n) is 8.94. The normalized spacial score (nSPS) is 11.2. The minimum absolute atomic E-state index is 0.553. The summed E-state index contributed by atoms with van der Waals surface area (Å²) < 4.78 is 6.43. The van der Waals surface area contributed by atoms with Crippen molar-refractivity contribution in [1.29, 1.82) is 5.26 Å². The van der Waals surface area contributed by atoms with E-state index in [1.807, 2.05) is 103 Å². The Morgan fingerprint density at radius 3 is 1.84 bits per heavy atom. The molecule has 9 rings (SSSR count). The summed E-state index contributed by atoms with van der Waals surface area (Å²) in [5.74, 6) is 1.69. The molecule has 0 unspecified atom stereocenters. The van der Waals surface area contributed by atoms with Crippen LogP contribution in [0.5, 0.6) is 0 Å². The van der Waals surface area contributed by atoms with Gasteiger partial charge in [-0.3, -0.25) is 0 Å². The van der Waals surface area contributed by atoms with Crippen LogP contribution in [0.15, 0.2) is 162 Å². The van der Waals surface area contributed by atoms with Crippen LogP contribution in [0.25, 0.3) is 89.1 Å². The van der Waals surface area contributed by atoms with Gasteiger partial charge in [-0.25, -0.2) is 15.0 Å². The van der Waals surface area contributed by atoms with E-state index in [1.165, 1.54) is 0 Å². The van der Waals surface area contributed by atoms with Crippen LogP contribution in [-0.4, -0.2) is 15.0 Å². The first-order valence-corrected chi connectivity index (χ1v) is 16.1. The predicted octanol–water partition coefficient (Wildman–Crippen LogP) is 11.1. The molecule has 9 aromatic rings. The summed E-state index contributed by atoms with van der Waals surface area (Å²) in [6.07, 6.45) is 0. The fourth-order valence-electron chi connectivity index (χ4n) is 6.58. The number of rotatable bonds is 5. The molecule has 0 atom stereocenters. The van der Waals surface area contributed by atoms with E-state index < -0.39 is 0 Å². The van der Waals surface area contributed by atoms with Crippen LogP contribution < -0.4 is 0 Å². The number of nitrogens with zero attached hydrogens (tertiary/aromatic N) is 4. The summed E-state index contributed by atoms with van der Waals surface area (Å²) in [7, 11) is 0. The van der Waals surface area contributed by atoms with E-state index in [2.05, 4.69) is 60.7 Å². The molecule has 0 saturated heterocycles. The first kappa shape index (κ1) is 28.3. The minimum atomic E-state index is 0.553. The van der Waals surface area contributed by atoms with Crippen molar-refractivity contribution >= 4 is 32.7 Å². The van der Waals surface area contributed by atoms with Gasteiger partial charge in [0.2, 0.25) is 0 Å². The zero-order chi connectivity index (χ0) is 32.7. The van der Waals surface area contributed by atoms with E-state index in [4.69, 9.17) is 19.4 Å². The molecule has 0 aliphatic heterocycles. The highest BCUT2D eigenvalue weighted by atomic mass is 16.3. The van der Waals surface area contributed by atoms with Crippen LogP contribution in [-0.2, 0) is 0 Å². The first-order valence-electron chi connectivity index (χ1n) is 16.1. The van der Waals surface area contributed by atoms with E-state index in [0.29, 0.717) is 23.0 Å². The molecule has 2 aromatic heterocycles. The van der Waals surface area contributed by atoms with Crippen molar-refractivity contribution in [2.24, 2.45) is 0 Å². The molecule has 5 nitrogen and oxygen atoms in total. The number of aromatic nitrogens is 3. The average molecular weight is 627 g/mol. The molecule has 0 aliphatic rings. The van der Waals surface area contributed by atoms with E-state index in [0.717, 1.165) is 71.7 Å². The lowest BCUT2D eigenvalue weighted by Gasteiger charge is -2.10. The van der Waals surface area contributed by atoms with Gasteiger partial charge in [0.15, 0.2) is 17.5 Å². The highest BCUT2D eigenvalue weighted by Gasteiger charge is 2.17. The molecule has 228 valence electrons. The minimum Gasteiger partial charge on any atom is -0.456 e. The molecular formula is C44H26N4O. The molecule has 0 radical (unpaired) electrons. The lowest BCUT2D eigenvalue weighted by atomic mass is 9.96. The quantitative estimate of drug-likeness (QED) is 0.190. The molecule has 0 N–H and O–H groups in total. The van der Waals surface area contributed by atoms with Crippen LogP contribution >= 0.6 is 0 Å². The van der Waals surface area contributed by atoms with Crippen LogP contribution in [0, 0.1) is 11.3 Å². The summed E-state index contributed by atoms with van der Waals surface area (Å²) in [5.41, 5.74) is 9.03.